The third kappa shape index (κ3) is 7.67. The van der Waals surface area contributed by atoms with Crippen molar-refractivity contribution in [3.8, 4) is 0 Å². The number of aliphatic carboxylic acids is 1. The largest absolute Gasteiger partial charge is 0.481 e. The van der Waals surface area contributed by atoms with E-state index < -0.39 is 5.97 Å². The van der Waals surface area contributed by atoms with Crippen molar-refractivity contribution in [3.63, 3.8) is 0 Å². The Hall–Kier alpha value is -1.60. The molecule has 1 saturated heterocycles. The highest BCUT2D eigenvalue weighted by atomic mass is 16.5. The zero-order valence-electron chi connectivity index (χ0n) is 12.4. The number of nitrogens with one attached hydrogen (secondary N) is 1. The molecule has 120 valence electrons. The van der Waals surface area contributed by atoms with Crippen LogP contribution in [0.2, 0.25) is 0 Å². The van der Waals surface area contributed by atoms with Crippen LogP contribution in [0.3, 0.4) is 0 Å². The van der Waals surface area contributed by atoms with Gasteiger partial charge in [-0.05, 0) is 6.42 Å². The molecule has 2 N–H and O–H groups in total. The molecule has 0 aromatic carbocycles. The van der Waals surface area contributed by atoms with Gasteiger partial charge < -0.3 is 20.1 Å². The van der Waals surface area contributed by atoms with Crippen molar-refractivity contribution in [1.29, 1.82) is 0 Å². The second-order valence-electron chi connectivity index (χ2n) is 4.89. The molecule has 1 heterocycles. The average Bonchev–Trinajstić information content (AvgIpc) is 2.49. The maximum absolute atomic E-state index is 11.9. The van der Waals surface area contributed by atoms with E-state index in [1.165, 1.54) is 0 Å². The van der Waals surface area contributed by atoms with Gasteiger partial charge in [-0.3, -0.25) is 9.69 Å². The zero-order chi connectivity index (χ0) is 15.5. The first-order chi connectivity index (χ1) is 10.1. The molecule has 1 fully saturated rings. The van der Waals surface area contributed by atoms with Crippen molar-refractivity contribution in [2.24, 2.45) is 0 Å². The van der Waals surface area contributed by atoms with Crippen LogP contribution < -0.4 is 5.32 Å². The lowest BCUT2D eigenvalue weighted by Crippen LogP contribution is -2.52. The second kappa shape index (κ2) is 10.2. The molecule has 0 aliphatic carbocycles. The Morgan fingerprint density at radius 2 is 1.95 bits per heavy atom. The number of urea groups is 1. The molecule has 0 bridgehead atoms. The van der Waals surface area contributed by atoms with Gasteiger partial charge in [0.1, 0.15) is 0 Å². The van der Waals surface area contributed by atoms with Crippen molar-refractivity contribution in [3.05, 3.63) is 12.7 Å². The van der Waals surface area contributed by atoms with Crippen LogP contribution in [0.1, 0.15) is 12.8 Å². The lowest BCUT2D eigenvalue weighted by molar-refractivity contribution is -0.137. The first-order valence-electron chi connectivity index (χ1n) is 7.29. The highest BCUT2D eigenvalue weighted by Crippen LogP contribution is 2.02. The van der Waals surface area contributed by atoms with Crippen molar-refractivity contribution in [2.75, 3.05) is 52.5 Å². The molecule has 1 aliphatic rings. The minimum atomic E-state index is -0.786. The molecule has 0 atom stereocenters. The molecule has 0 saturated carbocycles. The quantitative estimate of drug-likeness (QED) is 0.475. The van der Waals surface area contributed by atoms with Gasteiger partial charge in [0.05, 0.1) is 19.6 Å². The molecule has 1 aliphatic heterocycles. The Morgan fingerprint density at radius 3 is 2.57 bits per heavy atom. The summed E-state index contributed by atoms with van der Waals surface area (Å²) in [5.74, 6) is -0.786. The van der Waals surface area contributed by atoms with Crippen LogP contribution >= 0.6 is 0 Å². The molecule has 0 aromatic heterocycles. The number of carboxylic acids is 1. The highest BCUT2D eigenvalue weighted by molar-refractivity contribution is 5.74. The Labute approximate surface area is 125 Å². The molecule has 1 rings (SSSR count). The number of hydrogen-bond acceptors (Lipinski definition) is 4. The van der Waals surface area contributed by atoms with E-state index in [9.17, 15) is 9.59 Å². The van der Waals surface area contributed by atoms with Crippen LogP contribution in [0.25, 0.3) is 0 Å². The molecule has 21 heavy (non-hydrogen) atoms. The summed E-state index contributed by atoms with van der Waals surface area (Å²) < 4.78 is 5.31. The van der Waals surface area contributed by atoms with Crippen LogP contribution in [-0.4, -0.2) is 79.4 Å². The first-order valence-corrected chi connectivity index (χ1v) is 7.29. The fourth-order valence-corrected chi connectivity index (χ4v) is 2.04. The van der Waals surface area contributed by atoms with E-state index in [2.05, 4.69) is 16.8 Å². The van der Waals surface area contributed by atoms with Gasteiger partial charge >= 0.3 is 12.0 Å². The molecule has 0 unspecified atom stereocenters. The second-order valence-corrected chi connectivity index (χ2v) is 4.89. The van der Waals surface area contributed by atoms with Crippen LogP contribution in [-0.2, 0) is 9.53 Å². The maximum Gasteiger partial charge on any atom is 0.317 e. The summed E-state index contributed by atoms with van der Waals surface area (Å²) in [6.45, 7) is 8.46. The molecule has 0 aromatic rings. The number of hydrogen-bond donors (Lipinski definition) is 2. The number of carboxylic acid groups (broad SMARTS) is 1. The van der Waals surface area contributed by atoms with Crippen molar-refractivity contribution >= 4 is 12.0 Å². The van der Waals surface area contributed by atoms with Gasteiger partial charge in [0, 0.05) is 39.3 Å². The first kappa shape index (κ1) is 17.5. The van der Waals surface area contributed by atoms with Crippen LogP contribution in [0.15, 0.2) is 12.7 Å². The summed E-state index contributed by atoms with van der Waals surface area (Å²) >= 11 is 0. The third-order valence-corrected chi connectivity index (χ3v) is 3.29. The van der Waals surface area contributed by atoms with E-state index in [0.717, 1.165) is 19.5 Å². The highest BCUT2D eigenvalue weighted by Gasteiger charge is 2.20. The molecule has 0 spiro atoms. The topological polar surface area (TPSA) is 82.1 Å². The van der Waals surface area contributed by atoms with E-state index in [1.54, 1.807) is 11.0 Å². The van der Waals surface area contributed by atoms with E-state index >= 15 is 0 Å². The minimum Gasteiger partial charge on any atom is -0.481 e. The predicted octanol–water partition coefficient (Wildman–Crippen LogP) is 0.381. The molecule has 2 amide bonds. The summed E-state index contributed by atoms with van der Waals surface area (Å²) in [7, 11) is 0. The molecule has 7 nitrogen and oxygen atoms in total. The Morgan fingerprint density at radius 1 is 1.24 bits per heavy atom. The van der Waals surface area contributed by atoms with Crippen molar-refractivity contribution in [1.82, 2.24) is 15.1 Å². The third-order valence-electron chi connectivity index (χ3n) is 3.29. The van der Waals surface area contributed by atoms with Crippen molar-refractivity contribution in [2.45, 2.75) is 12.8 Å². The lowest BCUT2D eigenvalue weighted by atomic mass is 10.3. The van der Waals surface area contributed by atoms with Gasteiger partial charge in [0.25, 0.3) is 0 Å². The van der Waals surface area contributed by atoms with Gasteiger partial charge in [0.15, 0.2) is 0 Å². The molecular weight excluding hydrogens is 274 g/mol. The van der Waals surface area contributed by atoms with E-state index in [1.807, 2.05) is 0 Å². The fourth-order valence-electron chi connectivity index (χ4n) is 2.04. The monoisotopic (exact) mass is 299 g/mol. The summed E-state index contributed by atoms with van der Waals surface area (Å²) in [4.78, 5) is 26.2. The fraction of sp³-hybridized carbons (Fsp3) is 0.714. The van der Waals surface area contributed by atoms with Gasteiger partial charge in [-0.25, -0.2) is 4.79 Å². The summed E-state index contributed by atoms with van der Waals surface area (Å²) in [5, 5.41) is 11.5. The van der Waals surface area contributed by atoms with Gasteiger partial charge in [0.2, 0.25) is 0 Å². The summed E-state index contributed by atoms with van der Waals surface area (Å²) in [5.41, 5.74) is 0. The number of carbonyl (C=O) groups excluding carboxylic acids is 1. The number of rotatable bonds is 9. The smallest absolute Gasteiger partial charge is 0.317 e. The van der Waals surface area contributed by atoms with E-state index in [4.69, 9.17) is 9.84 Å². The zero-order valence-corrected chi connectivity index (χ0v) is 12.4. The SMILES string of the molecule is C=CCCOCCNC(=O)N1CCN(CCC(=O)O)CC1. The summed E-state index contributed by atoms with van der Waals surface area (Å²) in [6.07, 6.45) is 2.75. The normalized spacial score (nSPS) is 15.7. The Bertz CT molecular complexity index is 341. The Balaban J connectivity index is 2.08. The minimum absolute atomic E-state index is 0.0831. The van der Waals surface area contributed by atoms with Crippen LogP contribution in [0, 0.1) is 0 Å². The summed E-state index contributed by atoms with van der Waals surface area (Å²) in [6, 6.07) is -0.0831. The number of carbonyl (C=O) groups is 2. The van der Waals surface area contributed by atoms with Crippen LogP contribution in [0.4, 0.5) is 4.79 Å². The van der Waals surface area contributed by atoms with Gasteiger partial charge in [-0.1, -0.05) is 6.08 Å². The number of amides is 2. The van der Waals surface area contributed by atoms with Gasteiger partial charge in [-0.2, -0.15) is 0 Å². The van der Waals surface area contributed by atoms with Gasteiger partial charge in [-0.15, -0.1) is 6.58 Å². The molecule has 7 heteroatoms. The van der Waals surface area contributed by atoms with Crippen LogP contribution in [0.5, 0.6) is 0 Å². The maximum atomic E-state index is 11.9. The average molecular weight is 299 g/mol. The van der Waals surface area contributed by atoms with E-state index in [-0.39, 0.29) is 12.5 Å². The number of ether oxygens (including phenoxy) is 1. The molecule has 0 radical (unpaired) electrons. The predicted molar refractivity (Wildman–Crippen MR) is 79.3 cm³/mol. The molecular formula is C14H25N3O4. The number of nitrogens with zero attached hydrogens (tertiary/aromatic N) is 2. The lowest BCUT2D eigenvalue weighted by Gasteiger charge is -2.34. The van der Waals surface area contributed by atoms with Crippen molar-refractivity contribution < 1.29 is 19.4 Å². The standard InChI is InChI=1S/C14H25N3O4/c1-2-3-11-21-12-5-15-14(20)17-9-7-16(8-10-17)6-4-13(18)19/h2H,1,3-12H2,(H,15,20)(H,18,19). The van der Waals surface area contributed by atoms with E-state index in [0.29, 0.717) is 39.4 Å². The number of piperazine rings is 1. The Kier molecular flexibility index (Phi) is 8.45.